The van der Waals surface area contributed by atoms with Crippen LogP contribution >= 0.6 is 0 Å². The molecule has 1 rings (SSSR count). The zero-order valence-electron chi connectivity index (χ0n) is 8.55. The number of nitrogens with one attached hydrogen (secondary N) is 1. The third-order valence-electron chi connectivity index (χ3n) is 1.33. The molecule has 1 N–H and O–H groups in total. The predicted octanol–water partition coefficient (Wildman–Crippen LogP) is 1.92. The molecule has 0 aliphatic heterocycles. The van der Waals surface area contributed by atoms with E-state index >= 15 is 0 Å². The van der Waals surface area contributed by atoms with Crippen LogP contribution in [0.4, 0.5) is 0 Å². The van der Waals surface area contributed by atoms with Gasteiger partial charge >= 0.3 is 5.97 Å². The van der Waals surface area contributed by atoms with E-state index in [4.69, 9.17) is 4.74 Å². The minimum absolute atomic E-state index is 0.321. The highest BCUT2D eigenvalue weighted by Gasteiger charge is 2.10. The molecule has 0 bridgehead atoms. The van der Waals surface area contributed by atoms with Crippen molar-refractivity contribution >= 4 is 5.97 Å². The minimum atomic E-state index is -0.321. The second-order valence-corrected chi connectivity index (χ2v) is 2.13. The summed E-state index contributed by atoms with van der Waals surface area (Å²) in [5.41, 5.74) is 1.25. The minimum Gasteiger partial charge on any atom is -0.462 e. The van der Waals surface area contributed by atoms with Gasteiger partial charge in [-0.3, -0.25) is 5.10 Å². The SMILES string of the molecule is CC.CCOC(=O)c1cn[nH]c1C. The molecule has 0 atom stereocenters. The molecule has 0 aliphatic rings. The number of aryl methyl sites for hydroxylation is 1. The van der Waals surface area contributed by atoms with Crippen molar-refractivity contribution in [2.45, 2.75) is 27.7 Å². The molecule has 1 heterocycles. The summed E-state index contributed by atoms with van der Waals surface area (Å²) in [5.74, 6) is -0.321. The van der Waals surface area contributed by atoms with E-state index in [0.717, 1.165) is 5.69 Å². The maximum Gasteiger partial charge on any atom is 0.341 e. The molecule has 0 saturated heterocycles. The molecule has 0 fully saturated rings. The third-order valence-corrected chi connectivity index (χ3v) is 1.33. The lowest BCUT2D eigenvalue weighted by molar-refractivity contribution is 0.0525. The summed E-state index contributed by atoms with van der Waals surface area (Å²) in [5, 5.41) is 6.36. The maximum atomic E-state index is 11.0. The lowest BCUT2D eigenvalue weighted by atomic mass is 10.3. The number of rotatable bonds is 2. The number of hydrogen-bond donors (Lipinski definition) is 1. The number of aromatic nitrogens is 2. The van der Waals surface area contributed by atoms with Gasteiger partial charge in [0.2, 0.25) is 0 Å². The number of ether oxygens (including phenoxy) is 1. The number of carbonyl (C=O) groups excluding carboxylic acids is 1. The Morgan fingerprint density at radius 3 is 2.62 bits per heavy atom. The Kier molecular flexibility index (Phi) is 5.59. The fraction of sp³-hybridized carbons (Fsp3) is 0.556. The van der Waals surface area contributed by atoms with Crippen molar-refractivity contribution < 1.29 is 9.53 Å². The molecule has 0 spiro atoms. The quantitative estimate of drug-likeness (QED) is 0.714. The Morgan fingerprint density at radius 1 is 1.62 bits per heavy atom. The normalized spacial score (nSPS) is 8.62. The number of nitrogens with zero attached hydrogens (tertiary/aromatic N) is 1. The van der Waals surface area contributed by atoms with Gasteiger partial charge in [0.1, 0.15) is 5.56 Å². The highest BCUT2D eigenvalue weighted by atomic mass is 16.5. The molecule has 0 aromatic carbocycles. The number of aromatic amines is 1. The summed E-state index contributed by atoms with van der Waals surface area (Å²) in [6, 6.07) is 0. The van der Waals surface area contributed by atoms with Gasteiger partial charge in [0.05, 0.1) is 12.8 Å². The molecule has 0 amide bonds. The molecule has 0 aliphatic carbocycles. The second-order valence-electron chi connectivity index (χ2n) is 2.13. The fourth-order valence-corrected chi connectivity index (χ4v) is 0.765. The van der Waals surface area contributed by atoms with Crippen molar-refractivity contribution in [2.75, 3.05) is 6.61 Å². The summed E-state index contributed by atoms with van der Waals surface area (Å²) in [6.45, 7) is 7.94. The Hall–Kier alpha value is -1.32. The molecule has 1 aromatic heterocycles. The topological polar surface area (TPSA) is 55.0 Å². The third kappa shape index (κ3) is 3.27. The molecule has 0 radical (unpaired) electrons. The highest BCUT2D eigenvalue weighted by molar-refractivity contribution is 5.90. The van der Waals surface area contributed by atoms with Gasteiger partial charge in [0, 0.05) is 5.69 Å². The van der Waals surface area contributed by atoms with Gasteiger partial charge in [-0.05, 0) is 13.8 Å². The van der Waals surface area contributed by atoms with E-state index < -0.39 is 0 Å². The molecule has 1 aromatic rings. The number of carbonyl (C=O) groups is 1. The number of hydrogen-bond acceptors (Lipinski definition) is 3. The second kappa shape index (κ2) is 6.22. The van der Waals surface area contributed by atoms with Crippen LogP contribution in [0.25, 0.3) is 0 Å². The first kappa shape index (κ1) is 11.7. The fourth-order valence-electron chi connectivity index (χ4n) is 0.765. The number of esters is 1. The summed E-state index contributed by atoms with van der Waals surface area (Å²) in [7, 11) is 0. The smallest absolute Gasteiger partial charge is 0.341 e. The zero-order chi connectivity index (χ0) is 10.3. The standard InChI is InChI=1S/C7H10N2O2.C2H6/c1-3-11-7(10)6-4-8-9-5(6)2;1-2/h4H,3H2,1-2H3,(H,8,9);1-2H3. The van der Waals surface area contributed by atoms with E-state index in [1.807, 2.05) is 13.8 Å². The summed E-state index contributed by atoms with van der Waals surface area (Å²) < 4.78 is 4.77. The summed E-state index contributed by atoms with van der Waals surface area (Å²) >= 11 is 0. The van der Waals surface area contributed by atoms with Gasteiger partial charge in [-0.1, -0.05) is 13.8 Å². The number of H-pyrrole nitrogens is 1. The van der Waals surface area contributed by atoms with E-state index in [9.17, 15) is 4.79 Å². The Balaban J connectivity index is 0.000000671. The summed E-state index contributed by atoms with van der Waals surface area (Å²) in [6.07, 6.45) is 1.47. The van der Waals surface area contributed by atoms with Crippen molar-refractivity contribution in [1.29, 1.82) is 0 Å². The molecular weight excluding hydrogens is 168 g/mol. The van der Waals surface area contributed by atoms with Crippen LogP contribution in [0.1, 0.15) is 36.8 Å². The van der Waals surface area contributed by atoms with Crippen LogP contribution in [-0.2, 0) is 4.74 Å². The van der Waals surface area contributed by atoms with Crippen molar-refractivity contribution in [3.63, 3.8) is 0 Å². The zero-order valence-corrected chi connectivity index (χ0v) is 8.55. The first-order valence-corrected chi connectivity index (χ1v) is 4.42. The van der Waals surface area contributed by atoms with Gasteiger partial charge in [-0.2, -0.15) is 5.10 Å². The first-order valence-electron chi connectivity index (χ1n) is 4.42. The monoisotopic (exact) mass is 184 g/mol. The highest BCUT2D eigenvalue weighted by Crippen LogP contribution is 2.03. The van der Waals surface area contributed by atoms with Gasteiger partial charge in [-0.25, -0.2) is 4.79 Å². The van der Waals surface area contributed by atoms with Gasteiger partial charge < -0.3 is 4.74 Å². The molecule has 13 heavy (non-hydrogen) atoms. The van der Waals surface area contributed by atoms with Gasteiger partial charge in [0.25, 0.3) is 0 Å². The van der Waals surface area contributed by atoms with Crippen LogP contribution in [0.15, 0.2) is 6.20 Å². The van der Waals surface area contributed by atoms with Crippen molar-refractivity contribution in [3.05, 3.63) is 17.5 Å². The summed E-state index contributed by atoms with van der Waals surface area (Å²) in [4.78, 5) is 11.0. The molecular formula is C9H16N2O2. The molecule has 0 unspecified atom stereocenters. The van der Waals surface area contributed by atoms with Crippen LogP contribution in [0.3, 0.4) is 0 Å². The van der Waals surface area contributed by atoms with Crippen LogP contribution < -0.4 is 0 Å². The molecule has 4 nitrogen and oxygen atoms in total. The lowest BCUT2D eigenvalue weighted by Gasteiger charge is -1.97. The molecule has 0 saturated carbocycles. The van der Waals surface area contributed by atoms with Crippen molar-refractivity contribution in [2.24, 2.45) is 0 Å². The molecule has 74 valence electrons. The van der Waals surface area contributed by atoms with E-state index in [2.05, 4.69) is 10.2 Å². The average Bonchev–Trinajstić information content (AvgIpc) is 2.55. The van der Waals surface area contributed by atoms with E-state index in [-0.39, 0.29) is 5.97 Å². The van der Waals surface area contributed by atoms with Crippen LogP contribution in [0, 0.1) is 6.92 Å². The van der Waals surface area contributed by atoms with Gasteiger partial charge in [-0.15, -0.1) is 0 Å². The van der Waals surface area contributed by atoms with Crippen molar-refractivity contribution in [1.82, 2.24) is 10.2 Å². The maximum absolute atomic E-state index is 11.0. The Morgan fingerprint density at radius 2 is 2.23 bits per heavy atom. The molecule has 4 heteroatoms. The largest absolute Gasteiger partial charge is 0.462 e. The average molecular weight is 184 g/mol. The van der Waals surface area contributed by atoms with E-state index in [0.29, 0.717) is 12.2 Å². The van der Waals surface area contributed by atoms with Crippen molar-refractivity contribution in [3.8, 4) is 0 Å². The van der Waals surface area contributed by atoms with Crippen LogP contribution in [-0.4, -0.2) is 22.8 Å². The lowest BCUT2D eigenvalue weighted by Crippen LogP contribution is -2.04. The van der Waals surface area contributed by atoms with E-state index in [1.54, 1.807) is 13.8 Å². The first-order chi connectivity index (χ1) is 6.25. The van der Waals surface area contributed by atoms with Crippen LogP contribution in [0.5, 0.6) is 0 Å². The van der Waals surface area contributed by atoms with Crippen LogP contribution in [0.2, 0.25) is 0 Å². The van der Waals surface area contributed by atoms with Gasteiger partial charge in [0.15, 0.2) is 0 Å². The predicted molar refractivity (Wildman–Crippen MR) is 50.6 cm³/mol. The van der Waals surface area contributed by atoms with E-state index in [1.165, 1.54) is 6.20 Å². The Labute approximate surface area is 78.3 Å². The Bertz CT molecular complexity index is 256.